The highest BCUT2D eigenvalue weighted by molar-refractivity contribution is 4.84. The molecule has 0 aromatic rings. The maximum absolute atomic E-state index is 9.57. The van der Waals surface area contributed by atoms with Gasteiger partial charge < -0.3 is 20.3 Å². The molecule has 1 aliphatic rings. The average molecular weight is 217 g/mol. The molecule has 1 rings (SSSR count). The molecule has 4 nitrogen and oxygen atoms in total. The maximum atomic E-state index is 9.57. The highest BCUT2D eigenvalue weighted by Gasteiger charge is 2.32. The lowest BCUT2D eigenvalue weighted by atomic mass is 9.94. The van der Waals surface area contributed by atoms with Crippen molar-refractivity contribution >= 4 is 0 Å². The summed E-state index contributed by atoms with van der Waals surface area (Å²) in [4.78, 5) is 0. The summed E-state index contributed by atoms with van der Waals surface area (Å²) in [5, 5.41) is 9.57. The third kappa shape index (κ3) is 4.47. The molecule has 1 fully saturated rings. The van der Waals surface area contributed by atoms with Crippen molar-refractivity contribution in [3.05, 3.63) is 0 Å². The molecular weight excluding hydrogens is 194 g/mol. The van der Waals surface area contributed by atoms with Crippen molar-refractivity contribution in [2.24, 2.45) is 5.73 Å². The fourth-order valence-electron chi connectivity index (χ4n) is 1.67. The molecule has 0 aromatic heterocycles. The van der Waals surface area contributed by atoms with Crippen LogP contribution in [0.3, 0.4) is 0 Å². The third-order valence-electron chi connectivity index (χ3n) is 2.90. The largest absolute Gasteiger partial charge is 0.390 e. The van der Waals surface area contributed by atoms with E-state index in [4.69, 9.17) is 15.2 Å². The second-order valence-corrected chi connectivity index (χ2v) is 4.91. The van der Waals surface area contributed by atoms with Crippen LogP contribution >= 0.6 is 0 Å². The van der Waals surface area contributed by atoms with E-state index < -0.39 is 5.60 Å². The quantitative estimate of drug-likeness (QED) is 0.710. The van der Waals surface area contributed by atoms with Crippen molar-refractivity contribution in [3.63, 3.8) is 0 Å². The van der Waals surface area contributed by atoms with Crippen LogP contribution in [0.15, 0.2) is 0 Å². The van der Waals surface area contributed by atoms with E-state index in [9.17, 15) is 5.11 Å². The summed E-state index contributed by atoms with van der Waals surface area (Å²) < 4.78 is 11.1. The molecule has 1 aliphatic heterocycles. The topological polar surface area (TPSA) is 64.7 Å². The van der Waals surface area contributed by atoms with Crippen LogP contribution < -0.4 is 5.73 Å². The summed E-state index contributed by atoms with van der Waals surface area (Å²) in [6.07, 6.45) is 2.35. The predicted octanol–water partition coefficient (Wildman–Crippen LogP) is 0.672. The van der Waals surface area contributed by atoms with E-state index in [-0.39, 0.29) is 5.60 Å². The minimum atomic E-state index is -0.666. The smallest absolute Gasteiger partial charge is 0.0847 e. The Bertz CT molecular complexity index is 183. The Morgan fingerprint density at radius 2 is 2.00 bits per heavy atom. The molecule has 15 heavy (non-hydrogen) atoms. The Morgan fingerprint density at radius 1 is 1.40 bits per heavy atom. The van der Waals surface area contributed by atoms with Crippen LogP contribution in [0.1, 0.15) is 33.1 Å². The van der Waals surface area contributed by atoms with Gasteiger partial charge in [0.1, 0.15) is 0 Å². The van der Waals surface area contributed by atoms with Gasteiger partial charge >= 0.3 is 0 Å². The first-order valence-corrected chi connectivity index (χ1v) is 5.62. The zero-order valence-electron chi connectivity index (χ0n) is 9.79. The van der Waals surface area contributed by atoms with E-state index in [2.05, 4.69) is 0 Å². The second kappa shape index (κ2) is 5.25. The number of ether oxygens (including phenoxy) is 2. The molecule has 0 saturated carbocycles. The van der Waals surface area contributed by atoms with Crippen molar-refractivity contribution in [1.29, 1.82) is 0 Å². The van der Waals surface area contributed by atoms with Gasteiger partial charge in [0.15, 0.2) is 0 Å². The Kier molecular flexibility index (Phi) is 4.52. The van der Waals surface area contributed by atoms with E-state index in [1.54, 1.807) is 13.8 Å². The lowest BCUT2D eigenvalue weighted by Crippen LogP contribution is -2.46. The highest BCUT2D eigenvalue weighted by Crippen LogP contribution is 2.24. The van der Waals surface area contributed by atoms with Gasteiger partial charge in [-0.3, -0.25) is 0 Å². The van der Waals surface area contributed by atoms with E-state index in [1.807, 2.05) is 0 Å². The SMILES string of the molecule is CC(C)(O)CCOC1(CN)CCOCC1. The molecule has 0 aliphatic carbocycles. The van der Waals surface area contributed by atoms with Gasteiger partial charge in [-0.2, -0.15) is 0 Å². The third-order valence-corrected chi connectivity index (χ3v) is 2.90. The van der Waals surface area contributed by atoms with Crippen LogP contribution in [0, 0.1) is 0 Å². The Labute approximate surface area is 91.7 Å². The number of hydrogen-bond donors (Lipinski definition) is 2. The van der Waals surface area contributed by atoms with Gasteiger partial charge in [-0.15, -0.1) is 0 Å². The van der Waals surface area contributed by atoms with Crippen LogP contribution in [0.2, 0.25) is 0 Å². The number of aliphatic hydroxyl groups is 1. The molecule has 0 amide bonds. The van der Waals surface area contributed by atoms with Crippen molar-refractivity contribution in [2.45, 2.75) is 44.3 Å². The first-order valence-electron chi connectivity index (χ1n) is 5.62. The Morgan fingerprint density at radius 3 is 2.47 bits per heavy atom. The van der Waals surface area contributed by atoms with Crippen molar-refractivity contribution in [1.82, 2.24) is 0 Å². The van der Waals surface area contributed by atoms with Crippen LogP contribution in [-0.2, 0) is 9.47 Å². The first-order chi connectivity index (χ1) is 6.97. The molecule has 0 aromatic carbocycles. The molecular formula is C11H23NO3. The predicted molar refractivity (Wildman–Crippen MR) is 58.7 cm³/mol. The number of nitrogens with two attached hydrogens (primary N) is 1. The summed E-state index contributed by atoms with van der Waals surface area (Å²) in [6, 6.07) is 0. The summed E-state index contributed by atoms with van der Waals surface area (Å²) in [6.45, 7) is 6.10. The van der Waals surface area contributed by atoms with Gasteiger partial charge in [0.2, 0.25) is 0 Å². The normalized spacial score (nSPS) is 21.6. The fraction of sp³-hybridized carbons (Fsp3) is 1.00. The standard InChI is InChI=1S/C11H23NO3/c1-10(2,13)3-8-15-11(9-12)4-6-14-7-5-11/h13H,3-9,12H2,1-2H3. The molecule has 3 N–H and O–H groups in total. The summed E-state index contributed by atoms with van der Waals surface area (Å²) in [5.41, 5.74) is 4.86. The molecule has 0 radical (unpaired) electrons. The lowest BCUT2D eigenvalue weighted by Gasteiger charge is -2.36. The van der Waals surface area contributed by atoms with E-state index in [0.717, 1.165) is 26.1 Å². The zero-order chi connectivity index (χ0) is 11.4. The van der Waals surface area contributed by atoms with Gasteiger partial charge in [0.05, 0.1) is 17.8 Å². The van der Waals surface area contributed by atoms with Crippen LogP contribution in [-0.4, -0.2) is 42.7 Å². The monoisotopic (exact) mass is 217 g/mol. The van der Waals surface area contributed by atoms with Gasteiger partial charge in [0, 0.05) is 32.6 Å². The number of hydrogen-bond acceptors (Lipinski definition) is 4. The van der Waals surface area contributed by atoms with Gasteiger partial charge in [-0.1, -0.05) is 0 Å². The van der Waals surface area contributed by atoms with Crippen LogP contribution in [0.25, 0.3) is 0 Å². The zero-order valence-corrected chi connectivity index (χ0v) is 9.79. The Hall–Kier alpha value is -0.160. The summed E-state index contributed by atoms with van der Waals surface area (Å²) >= 11 is 0. The van der Waals surface area contributed by atoms with E-state index in [1.165, 1.54) is 0 Å². The lowest BCUT2D eigenvalue weighted by molar-refractivity contribution is -0.114. The molecule has 1 saturated heterocycles. The van der Waals surface area contributed by atoms with E-state index >= 15 is 0 Å². The molecule has 0 unspecified atom stereocenters. The van der Waals surface area contributed by atoms with Crippen molar-refractivity contribution in [3.8, 4) is 0 Å². The average Bonchev–Trinajstić information content (AvgIpc) is 2.17. The van der Waals surface area contributed by atoms with Crippen LogP contribution in [0.5, 0.6) is 0 Å². The second-order valence-electron chi connectivity index (χ2n) is 4.91. The van der Waals surface area contributed by atoms with Crippen molar-refractivity contribution in [2.75, 3.05) is 26.4 Å². The van der Waals surface area contributed by atoms with Gasteiger partial charge in [0.25, 0.3) is 0 Å². The van der Waals surface area contributed by atoms with E-state index in [0.29, 0.717) is 19.6 Å². The Balaban J connectivity index is 2.33. The van der Waals surface area contributed by atoms with Crippen LogP contribution in [0.4, 0.5) is 0 Å². The molecule has 0 bridgehead atoms. The molecule has 0 atom stereocenters. The van der Waals surface area contributed by atoms with Gasteiger partial charge in [-0.05, 0) is 20.3 Å². The summed E-state index contributed by atoms with van der Waals surface area (Å²) in [5.74, 6) is 0. The molecule has 1 heterocycles. The highest BCUT2D eigenvalue weighted by atomic mass is 16.5. The molecule has 90 valence electrons. The maximum Gasteiger partial charge on any atom is 0.0847 e. The summed E-state index contributed by atoms with van der Waals surface area (Å²) in [7, 11) is 0. The molecule has 0 spiro atoms. The van der Waals surface area contributed by atoms with Crippen molar-refractivity contribution < 1.29 is 14.6 Å². The first kappa shape index (κ1) is 12.9. The minimum absolute atomic E-state index is 0.219. The minimum Gasteiger partial charge on any atom is -0.390 e. The van der Waals surface area contributed by atoms with Gasteiger partial charge in [-0.25, -0.2) is 0 Å². The number of rotatable bonds is 5. The molecule has 4 heteroatoms. The fourth-order valence-corrected chi connectivity index (χ4v) is 1.67.